The van der Waals surface area contributed by atoms with Crippen LogP contribution in [0.15, 0.2) is 40.7 Å². The Balaban J connectivity index is 1.77. The number of rotatable bonds is 4. The highest BCUT2D eigenvalue weighted by Crippen LogP contribution is 2.37. The van der Waals surface area contributed by atoms with E-state index in [1.807, 2.05) is 0 Å². The van der Waals surface area contributed by atoms with E-state index in [0.717, 1.165) is 19.5 Å². The average Bonchev–Trinajstić information content (AvgIpc) is 3.12. The fourth-order valence-electron chi connectivity index (χ4n) is 2.94. The zero-order chi connectivity index (χ0) is 19.3. The van der Waals surface area contributed by atoms with Crippen molar-refractivity contribution in [2.24, 2.45) is 0 Å². The standard InChI is InChI=1S/C18H13N3O4S2/c1-9(2)26-18-19-12-7-6-10(8-14(12)27-18)20-16(22)11-4-3-5-13(21(24)25)15(11)17(20)23/h3-9H,1-2H3. The summed E-state index contributed by atoms with van der Waals surface area (Å²) < 4.78 is 1.76. The van der Waals surface area contributed by atoms with E-state index in [4.69, 9.17) is 0 Å². The summed E-state index contributed by atoms with van der Waals surface area (Å²) in [6.45, 7) is 4.15. The molecule has 0 spiro atoms. The van der Waals surface area contributed by atoms with Crippen molar-refractivity contribution in [3.8, 4) is 0 Å². The lowest BCUT2D eigenvalue weighted by molar-refractivity contribution is -0.385. The van der Waals surface area contributed by atoms with Crippen molar-refractivity contribution in [2.75, 3.05) is 4.90 Å². The van der Waals surface area contributed by atoms with E-state index in [2.05, 4.69) is 18.8 Å². The number of fused-ring (bicyclic) bond motifs is 2. The van der Waals surface area contributed by atoms with Crippen LogP contribution < -0.4 is 4.90 Å². The Bertz CT molecular complexity index is 1120. The normalized spacial score (nSPS) is 13.7. The number of nitro groups is 1. The number of thiazole rings is 1. The molecule has 0 aliphatic carbocycles. The summed E-state index contributed by atoms with van der Waals surface area (Å²) in [6.07, 6.45) is 0. The fraction of sp³-hybridized carbons (Fsp3) is 0.167. The molecule has 3 aromatic rings. The molecule has 2 heterocycles. The quantitative estimate of drug-likeness (QED) is 0.277. The van der Waals surface area contributed by atoms with Crippen molar-refractivity contribution in [3.63, 3.8) is 0 Å². The summed E-state index contributed by atoms with van der Waals surface area (Å²) in [7, 11) is 0. The Labute approximate surface area is 162 Å². The van der Waals surface area contributed by atoms with Crippen molar-refractivity contribution in [3.05, 3.63) is 57.6 Å². The largest absolute Gasteiger partial charge is 0.283 e. The van der Waals surface area contributed by atoms with Gasteiger partial charge in [0.25, 0.3) is 17.5 Å². The molecular weight excluding hydrogens is 386 g/mol. The summed E-state index contributed by atoms with van der Waals surface area (Å²) in [5.74, 6) is -1.23. The van der Waals surface area contributed by atoms with E-state index in [-0.39, 0.29) is 16.8 Å². The summed E-state index contributed by atoms with van der Waals surface area (Å²) in [4.78, 5) is 41.7. The number of hydrogen-bond donors (Lipinski definition) is 0. The first-order valence-corrected chi connectivity index (χ1v) is 9.80. The van der Waals surface area contributed by atoms with Crippen molar-refractivity contribution in [1.82, 2.24) is 4.98 Å². The Morgan fingerprint density at radius 2 is 1.96 bits per heavy atom. The third-order valence-corrected chi connectivity index (χ3v) is 6.15. The number of thioether (sulfide) groups is 1. The smallest absolute Gasteiger partial charge is 0.268 e. The van der Waals surface area contributed by atoms with Gasteiger partial charge in [0.05, 0.1) is 26.4 Å². The predicted octanol–water partition coefficient (Wildman–Crippen LogP) is 4.51. The fourth-order valence-corrected chi connectivity index (χ4v) is 5.26. The Kier molecular flexibility index (Phi) is 4.20. The van der Waals surface area contributed by atoms with Gasteiger partial charge in [-0.3, -0.25) is 19.7 Å². The molecule has 0 bridgehead atoms. The second-order valence-corrected chi connectivity index (χ2v) is 9.06. The summed E-state index contributed by atoms with van der Waals surface area (Å²) in [6, 6.07) is 9.20. The molecule has 1 aliphatic heterocycles. The van der Waals surface area contributed by atoms with Crippen molar-refractivity contribution in [2.45, 2.75) is 23.4 Å². The molecule has 1 aliphatic rings. The van der Waals surface area contributed by atoms with Crippen molar-refractivity contribution >= 4 is 56.5 Å². The van der Waals surface area contributed by atoms with Gasteiger partial charge in [-0.15, -0.1) is 11.3 Å². The van der Waals surface area contributed by atoms with Crippen LogP contribution >= 0.6 is 23.1 Å². The minimum absolute atomic E-state index is 0.0506. The second kappa shape index (κ2) is 6.43. The zero-order valence-electron chi connectivity index (χ0n) is 14.3. The number of hydrogen-bond acceptors (Lipinski definition) is 7. The summed E-state index contributed by atoms with van der Waals surface area (Å²) in [5.41, 5.74) is 0.702. The zero-order valence-corrected chi connectivity index (χ0v) is 16.0. The molecule has 0 radical (unpaired) electrons. The molecule has 1 aromatic heterocycles. The van der Waals surface area contributed by atoms with Gasteiger partial charge in [-0.2, -0.15) is 0 Å². The molecule has 0 fully saturated rings. The first kappa shape index (κ1) is 17.6. The summed E-state index contributed by atoms with van der Waals surface area (Å²) >= 11 is 3.13. The van der Waals surface area contributed by atoms with Crippen LogP contribution in [0.3, 0.4) is 0 Å². The SMILES string of the molecule is CC(C)Sc1nc2ccc(N3C(=O)c4cccc([N+](=O)[O-])c4C3=O)cc2s1. The van der Waals surface area contributed by atoms with Crippen LogP contribution in [0, 0.1) is 10.1 Å². The average molecular weight is 399 g/mol. The molecule has 0 saturated carbocycles. The van der Waals surface area contributed by atoms with Crippen LogP contribution in [0.4, 0.5) is 11.4 Å². The van der Waals surface area contributed by atoms with Crippen LogP contribution in [-0.4, -0.2) is 27.0 Å². The maximum Gasteiger partial charge on any atom is 0.283 e. The van der Waals surface area contributed by atoms with Crippen LogP contribution in [0.25, 0.3) is 10.2 Å². The number of benzene rings is 2. The molecule has 0 saturated heterocycles. The second-order valence-electron chi connectivity index (χ2n) is 6.20. The molecule has 0 atom stereocenters. The molecule has 4 rings (SSSR count). The van der Waals surface area contributed by atoms with Gasteiger partial charge in [0.1, 0.15) is 5.56 Å². The number of carbonyl (C=O) groups is 2. The van der Waals surface area contributed by atoms with E-state index in [1.165, 1.54) is 29.5 Å². The number of carbonyl (C=O) groups excluding carboxylic acids is 2. The predicted molar refractivity (Wildman–Crippen MR) is 105 cm³/mol. The maximum absolute atomic E-state index is 12.8. The molecule has 7 nitrogen and oxygen atoms in total. The molecular formula is C18H13N3O4S2. The Hall–Kier alpha value is -2.78. The van der Waals surface area contributed by atoms with Crippen LogP contribution in [0.2, 0.25) is 0 Å². The molecule has 0 N–H and O–H groups in total. The van der Waals surface area contributed by atoms with Crippen LogP contribution in [0.1, 0.15) is 34.6 Å². The lowest BCUT2D eigenvalue weighted by Crippen LogP contribution is -2.29. The number of imide groups is 1. The first-order chi connectivity index (χ1) is 12.9. The van der Waals surface area contributed by atoms with Gasteiger partial charge in [-0.25, -0.2) is 9.88 Å². The van der Waals surface area contributed by atoms with Gasteiger partial charge in [0, 0.05) is 11.3 Å². The highest BCUT2D eigenvalue weighted by molar-refractivity contribution is 8.01. The van der Waals surface area contributed by atoms with Crippen LogP contribution in [0.5, 0.6) is 0 Å². The monoisotopic (exact) mass is 399 g/mol. The van der Waals surface area contributed by atoms with Gasteiger partial charge >= 0.3 is 0 Å². The third-order valence-electron chi connectivity index (χ3n) is 4.04. The van der Waals surface area contributed by atoms with Crippen molar-refractivity contribution in [1.29, 1.82) is 0 Å². The molecule has 9 heteroatoms. The van der Waals surface area contributed by atoms with Gasteiger partial charge < -0.3 is 0 Å². The molecule has 2 aromatic carbocycles. The van der Waals surface area contributed by atoms with E-state index in [9.17, 15) is 19.7 Å². The Morgan fingerprint density at radius 3 is 2.67 bits per heavy atom. The van der Waals surface area contributed by atoms with Crippen LogP contribution in [-0.2, 0) is 0 Å². The highest BCUT2D eigenvalue weighted by Gasteiger charge is 2.41. The van der Waals surface area contributed by atoms with E-state index < -0.39 is 16.7 Å². The van der Waals surface area contributed by atoms with E-state index in [0.29, 0.717) is 10.9 Å². The minimum Gasteiger partial charge on any atom is -0.268 e. The number of nitrogens with zero attached hydrogens (tertiary/aromatic N) is 3. The summed E-state index contributed by atoms with van der Waals surface area (Å²) in [5, 5.41) is 11.6. The topological polar surface area (TPSA) is 93.4 Å². The number of aromatic nitrogens is 1. The Morgan fingerprint density at radius 1 is 1.19 bits per heavy atom. The van der Waals surface area contributed by atoms with E-state index in [1.54, 1.807) is 30.0 Å². The number of nitro benzene ring substituents is 1. The third kappa shape index (κ3) is 2.88. The number of amides is 2. The lowest BCUT2D eigenvalue weighted by Gasteiger charge is -2.13. The first-order valence-electron chi connectivity index (χ1n) is 8.10. The van der Waals surface area contributed by atoms with Gasteiger partial charge in [-0.05, 0) is 24.3 Å². The van der Waals surface area contributed by atoms with Gasteiger partial charge in [0.15, 0.2) is 4.34 Å². The molecule has 27 heavy (non-hydrogen) atoms. The highest BCUT2D eigenvalue weighted by atomic mass is 32.2. The maximum atomic E-state index is 12.8. The number of anilines is 1. The molecule has 0 unspecified atom stereocenters. The van der Waals surface area contributed by atoms with Gasteiger partial charge in [0.2, 0.25) is 0 Å². The van der Waals surface area contributed by atoms with E-state index >= 15 is 0 Å². The molecule has 2 amide bonds. The molecule has 136 valence electrons. The lowest BCUT2D eigenvalue weighted by atomic mass is 10.1. The van der Waals surface area contributed by atoms with Crippen molar-refractivity contribution < 1.29 is 14.5 Å². The van der Waals surface area contributed by atoms with Gasteiger partial charge in [-0.1, -0.05) is 31.7 Å². The minimum atomic E-state index is -0.678.